The van der Waals surface area contributed by atoms with Gasteiger partial charge < -0.3 is 0 Å². The zero-order chi connectivity index (χ0) is 17.8. The van der Waals surface area contributed by atoms with Gasteiger partial charge in [-0.1, -0.05) is 57.2 Å². The number of carbonyl (C=O) groups excluding carboxylic acids is 1. The Balaban J connectivity index is 1.97. The van der Waals surface area contributed by atoms with E-state index in [1.54, 1.807) is 37.7 Å². The Morgan fingerprint density at radius 3 is 2.64 bits per heavy atom. The van der Waals surface area contributed by atoms with E-state index in [2.05, 4.69) is 0 Å². The van der Waals surface area contributed by atoms with Gasteiger partial charge in [-0.25, -0.2) is 4.39 Å². The molecule has 2 nitrogen and oxygen atoms in total. The summed E-state index contributed by atoms with van der Waals surface area (Å²) in [6, 6.07) is 13.6. The molecule has 1 aliphatic rings. The van der Waals surface area contributed by atoms with E-state index in [1.807, 2.05) is 38.1 Å². The molecule has 0 radical (unpaired) electrons. The third kappa shape index (κ3) is 2.47. The van der Waals surface area contributed by atoms with Crippen LogP contribution in [0.3, 0.4) is 0 Å². The normalized spacial score (nSPS) is 14.8. The van der Waals surface area contributed by atoms with E-state index in [0.717, 1.165) is 25.5 Å². The first-order valence-corrected chi connectivity index (χ1v) is 10.3. The van der Waals surface area contributed by atoms with E-state index < -0.39 is 11.4 Å². The van der Waals surface area contributed by atoms with Crippen molar-refractivity contribution in [3.63, 3.8) is 0 Å². The summed E-state index contributed by atoms with van der Waals surface area (Å²) in [5.41, 5.74) is 2.60. The molecular weight excluding hydrogens is 373 g/mol. The smallest absolute Gasteiger partial charge is 0.259 e. The number of benzene rings is 2. The quantitative estimate of drug-likeness (QED) is 0.364. The molecule has 0 saturated carbocycles. The van der Waals surface area contributed by atoms with Crippen molar-refractivity contribution >= 4 is 44.5 Å². The molecule has 4 rings (SSSR count). The first-order chi connectivity index (χ1) is 11.9. The summed E-state index contributed by atoms with van der Waals surface area (Å²) in [4.78, 5) is 16.1. The molecule has 126 valence electrons. The fourth-order valence-corrected chi connectivity index (χ4v) is 6.57. The van der Waals surface area contributed by atoms with Crippen LogP contribution < -0.4 is 4.90 Å². The van der Waals surface area contributed by atoms with Crippen molar-refractivity contribution in [1.29, 1.82) is 0 Å². The van der Waals surface area contributed by atoms with E-state index in [9.17, 15) is 9.18 Å². The van der Waals surface area contributed by atoms with Crippen molar-refractivity contribution < 1.29 is 9.18 Å². The Labute approximate surface area is 157 Å². The second-order valence-corrected chi connectivity index (χ2v) is 9.20. The van der Waals surface area contributed by atoms with Crippen LogP contribution in [0.5, 0.6) is 0 Å². The maximum Gasteiger partial charge on any atom is 0.259 e. The number of fused-ring (bicyclic) bond motifs is 3. The summed E-state index contributed by atoms with van der Waals surface area (Å²) in [6.45, 7) is 4.02. The average molecular weight is 388 g/mol. The van der Waals surface area contributed by atoms with Crippen LogP contribution in [0.25, 0.3) is 11.1 Å². The van der Waals surface area contributed by atoms with Crippen LogP contribution in [0, 0.1) is 9.64 Å². The molecule has 1 aliphatic heterocycles. The lowest BCUT2D eigenvalue weighted by Gasteiger charge is -2.43. The Hall–Kier alpha value is -1.89. The molecule has 25 heavy (non-hydrogen) atoms. The minimum absolute atomic E-state index is 0.216. The van der Waals surface area contributed by atoms with E-state index in [0.29, 0.717) is 5.56 Å². The number of carbonyl (C=O) groups is 1. The molecule has 0 spiro atoms. The van der Waals surface area contributed by atoms with Crippen LogP contribution in [0.1, 0.15) is 29.1 Å². The minimum atomic E-state index is -0.564. The van der Waals surface area contributed by atoms with Crippen LogP contribution in [0.15, 0.2) is 48.5 Å². The third-order valence-corrected chi connectivity index (χ3v) is 7.77. The standard InChI is InChI=1S/C19H14FNOS3/c1-19(2)16-15(18(23)25-24-16)13-8-3-4-9-14(13)21(19)17(22)11-6-5-7-12(20)10-11/h3-10H,1-2H3. The summed E-state index contributed by atoms with van der Waals surface area (Å²) in [7, 11) is 3.17. The summed E-state index contributed by atoms with van der Waals surface area (Å²) in [5, 5.41) is 0. The van der Waals surface area contributed by atoms with Crippen LogP contribution in [-0.4, -0.2) is 5.91 Å². The predicted molar refractivity (Wildman–Crippen MR) is 105 cm³/mol. The van der Waals surface area contributed by atoms with Crippen LogP contribution >= 0.6 is 32.9 Å². The van der Waals surface area contributed by atoms with E-state index in [1.165, 1.54) is 12.1 Å². The van der Waals surface area contributed by atoms with Crippen molar-refractivity contribution in [2.45, 2.75) is 19.4 Å². The average Bonchev–Trinajstić information content (AvgIpc) is 2.98. The van der Waals surface area contributed by atoms with Gasteiger partial charge in [-0.15, -0.1) is 0 Å². The van der Waals surface area contributed by atoms with Crippen LogP contribution in [-0.2, 0) is 5.54 Å². The van der Waals surface area contributed by atoms with E-state index >= 15 is 0 Å². The van der Waals surface area contributed by atoms with Gasteiger partial charge in [0.15, 0.2) is 0 Å². The van der Waals surface area contributed by atoms with Crippen molar-refractivity contribution in [3.05, 3.63) is 68.6 Å². The SMILES string of the molecule is CC1(C)c2ssc(=S)c2-c2ccccc2N1C(=O)c1cccc(F)c1. The zero-order valence-electron chi connectivity index (χ0n) is 13.6. The molecule has 0 bridgehead atoms. The Morgan fingerprint density at radius 1 is 1.12 bits per heavy atom. The molecule has 3 aromatic rings. The highest BCUT2D eigenvalue weighted by Crippen LogP contribution is 2.52. The molecule has 0 aliphatic carbocycles. The molecule has 6 heteroatoms. The number of amides is 1. The Kier molecular flexibility index (Phi) is 3.86. The second kappa shape index (κ2) is 5.83. The Morgan fingerprint density at radius 2 is 1.88 bits per heavy atom. The monoisotopic (exact) mass is 387 g/mol. The molecular formula is C19H14FNOS3. The number of anilines is 1. The number of hydrogen-bond acceptors (Lipinski definition) is 4. The van der Waals surface area contributed by atoms with Gasteiger partial charge in [0.05, 0.1) is 16.1 Å². The lowest BCUT2D eigenvalue weighted by atomic mass is 9.87. The largest absolute Gasteiger partial charge is 0.297 e. The Bertz CT molecular complexity index is 1050. The van der Waals surface area contributed by atoms with Gasteiger partial charge in [-0.2, -0.15) is 0 Å². The van der Waals surface area contributed by atoms with Gasteiger partial charge in [-0.3, -0.25) is 9.69 Å². The van der Waals surface area contributed by atoms with Crippen molar-refractivity contribution in [1.82, 2.24) is 0 Å². The van der Waals surface area contributed by atoms with E-state index in [4.69, 9.17) is 12.2 Å². The minimum Gasteiger partial charge on any atom is -0.297 e. The number of para-hydroxylation sites is 1. The summed E-state index contributed by atoms with van der Waals surface area (Å²) < 4.78 is 14.5. The maximum absolute atomic E-state index is 13.6. The van der Waals surface area contributed by atoms with Gasteiger partial charge in [0.1, 0.15) is 9.64 Å². The fourth-order valence-electron chi connectivity index (χ4n) is 3.29. The topological polar surface area (TPSA) is 20.3 Å². The number of hydrogen-bond donors (Lipinski definition) is 0. The molecule has 0 fully saturated rings. The predicted octanol–water partition coefficient (Wildman–Crippen LogP) is 6.24. The number of rotatable bonds is 1. The van der Waals surface area contributed by atoms with Gasteiger partial charge in [0.25, 0.3) is 5.91 Å². The molecule has 0 unspecified atom stereocenters. The molecule has 0 N–H and O–H groups in total. The molecule has 0 saturated heterocycles. The van der Waals surface area contributed by atoms with Crippen LogP contribution in [0.2, 0.25) is 0 Å². The van der Waals surface area contributed by atoms with Gasteiger partial charge >= 0.3 is 0 Å². The van der Waals surface area contributed by atoms with Crippen LogP contribution in [0.4, 0.5) is 10.1 Å². The summed E-state index contributed by atoms with van der Waals surface area (Å²) in [5.74, 6) is -0.632. The number of nitrogens with zero attached hydrogens (tertiary/aromatic N) is 1. The highest BCUT2D eigenvalue weighted by atomic mass is 32.9. The van der Waals surface area contributed by atoms with Gasteiger partial charge in [0.2, 0.25) is 0 Å². The van der Waals surface area contributed by atoms with Crippen molar-refractivity contribution in [2.24, 2.45) is 0 Å². The van der Waals surface area contributed by atoms with Gasteiger partial charge in [-0.05, 0) is 38.1 Å². The van der Waals surface area contributed by atoms with Gasteiger partial charge in [0, 0.05) is 16.7 Å². The first kappa shape index (κ1) is 16.6. The maximum atomic E-state index is 13.6. The molecule has 1 aromatic heterocycles. The third-order valence-electron chi connectivity index (χ3n) is 4.44. The van der Waals surface area contributed by atoms with Crippen molar-refractivity contribution in [3.8, 4) is 11.1 Å². The molecule has 2 heterocycles. The lowest BCUT2D eigenvalue weighted by molar-refractivity contribution is 0.0961. The highest BCUT2D eigenvalue weighted by molar-refractivity contribution is 7.80. The summed E-state index contributed by atoms with van der Waals surface area (Å²) >= 11 is 5.54. The fraction of sp³-hybridized carbons (Fsp3) is 0.158. The molecule has 1 amide bonds. The van der Waals surface area contributed by atoms with E-state index in [-0.39, 0.29) is 5.91 Å². The van der Waals surface area contributed by atoms with Crippen molar-refractivity contribution in [2.75, 3.05) is 4.90 Å². The first-order valence-electron chi connectivity index (χ1n) is 7.74. The molecule has 0 atom stereocenters. The number of halogens is 1. The molecule has 2 aromatic carbocycles. The highest BCUT2D eigenvalue weighted by Gasteiger charge is 2.43. The zero-order valence-corrected chi connectivity index (χ0v) is 16.0. The second-order valence-electron chi connectivity index (χ2n) is 6.39. The lowest BCUT2D eigenvalue weighted by Crippen LogP contribution is -2.47. The summed E-state index contributed by atoms with van der Waals surface area (Å²) in [6.07, 6.45) is 0.